The second-order valence-electron chi connectivity index (χ2n) is 5.14. The van der Waals surface area contributed by atoms with Gasteiger partial charge in [-0.2, -0.15) is 0 Å². The van der Waals surface area contributed by atoms with Crippen LogP contribution in [0.3, 0.4) is 0 Å². The van der Waals surface area contributed by atoms with E-state index in [4.69, 9.17) is 13.7 Å². The Hall–Kier alpha value is -2.82. The Bertz CT molecular complexity index is 746. The first kappa shape index (κ1) is 15.1. The number of rotatable bonds is 6. The lowest BCUT2D eigenvalue weighted by atomic mass is 9.97. The minimum Gasteiger partial charge on any atom is -0.461 e. The third-order valence-corrected chi connectivity index (χ3v) is 3.58. The molecular formula is C18H17NO4. The first-order valence-corrected chi connectivity index (χ1v) is 7.49. The predicted octanol–water partition coefficient (Wildman–Crippen LogP) is 4.17. The van der Waals surface area contributed by atoms with Gasteiger partial charge in [0.25, 0.3) is 0 Å². The maximum Gasteiger partial charge on any atom is 0.313 e. The monoisotopic (exact) mass is 311 g/mol. The van der Waals surface area contributed by atoms with Gasteiger partial charge in [0.15, 0.2) is 5.76 Å². The molecular weight excluding hydrogens is 294 g/mol. The molecule has 0 aliphatic carbocycles. The number of esters is 1. The van der Waals surface area contributed by atoms with Crippen LogP contribution in [0.1, 0.15) is 30.5 Å². The highest BCUT2D eigenvalue weighted by Gasteiger charge is 2.20. The van der Waals surface area contributed by atoms with Gasteiger partial charge in [-0.05, 0) is 24.1 Å². The van der Waals surface area contributed by atoms with Crippen LogP contribution < -0.4 is 0 Å². The Morgan fingerprint density at radius 2 is 2.00 bits per heavy atom. The van der Waals surface area contributed by atoms with E-state index in [2.05, 4.69) is 5.16 Å². The molecule has 3 rings (SSSR count). The van der Waals surface area contributed by atoms with Crippen molar-refractivity contribution < 1.29 is 18.5 Å². The molecule has 23 heavy (non-hydrogen) atoms. The van der Waals surface area contributed by atoms with Gasteiger partial charge in [0, 0.05) is 6.07 Å². The molecule has 0 fully saturated rings. The zero-order valence-corrected chi connectivity index (χ0v) is 12.8. The topological polar surface area (TPSA) is 65.5 Å². The predicted molar refractivity (Wildman–Crippen MR) is 83.5 cm³/mol. The van der Waals surface area contributed by atoms with Crippen molar-refractivity contribution in [2.45, 2.75) is 25.9 Å². The summed E-state index contributed by atoms with van der Waals surface area (Å²) in [5, 5.41) is 3.89. The summed E-state index contributed by atoms with van der Waals surface area (Å²) in [6.07, 6.45) is 2.24. The van der Waals surface area contributed by atoms with E-state index >= 15 is 0 Å². The smallest absolute Gasteiger partial charge is 0.313 e. The first-order chi connectivity index (χ1) is 11.3. The van der Waals surface area contributed by atoms with Crippen LogP contribution in [0, 0.1) is 0 Å². The minimum absolute atomic E-state index is 0.0758. The number of nitrogens with zero attached hydrogens (tertiary/aromatic N) is 1. The third kappa shape index (κ3) is 3.51. The van der Waals surface area contributed by atoms with Gasteiger partial charge in [0.2, 0.25) is 5.76 Å². The fourth-order valence-electron chi connectivity index (χ4n) is 2.38. The molecule has 5 heteroatoms. The van der Waals surface area contributed by atoms with Crippen molar-refractivity contribution in [2.75, 3.05) is 0 Å². The molecule has 1 aromatic carbocycles. The largest absolute Gasteiger partial charge is 0.461 e. The molecule has 5 nitrogen and oxygen atoms in total. The summed E-state index contributed by atoms with van der Waals surface area (Å²) in [6, 6.07) is 14.9. The number of hydrogen-bond donors (Lipinski definition) is 0. The molecule has 118 valence electrons. The van der Waals surface area contributed by atoms with Crippen LogP contribution in [0.15, 0.2) is 63.7 Å². The van der Waals surface area contributed by atoms with Gasteiger partial charge >= 0.3 is 5.97 Å². The Morgan fingerprint density at radius 1 is 1.17 bits per heavy atom. The molecule has 0 spiro atoms. The van der Waals surface area contributed by atoms with Crippen LogP contribution in [0.25, 0.3) is 11.5 Å². The molecule has 0 aliphatic rings. The summed E-state index contributed by atoms with van der Waals surface area (Å²) in [5.41, 5.74) is 1.50. The molecule has 0 saturated carbocycles. The van der Waals surface area contributed by atoms with Crippen LogP contribution in [0.5, 0.6) is 0 Å². The van der Waals surface area contributed by atoms with Gasteiger partial charge in [-0.15, -0.1) is 0 Å². The molecule has 0 bridgehead atoms. The molecule has 0 radical (unpaired) electrons. The normalized spacial score (nSPS) is 12.0. The van der Waals surface area contributed by atoms with Gasteiger partial charge in [-0.25, -0.2) is 0 Å². The lowest BCUT2D eigenvalue weighted by Crippen LogP contribution is -2.15. The van der Waals surface area contributed by atoms with E-state index in [-0.39, 0.29) is 18.5 Å². The number of benzene rings is 1. The van der Waals surface area contributed by atoms with Crippen molar-refractivity contribution >= 4 is 5.97 Å². The molecule has 0 saturated heterocycles. The number of carbonyl (C=O) groups excluding carboxylic acids is 1. The molecule has 0 N–H and O–H groups in total. The fraction of sp³-hybridized carbons (Fsp3) is 0.222. The molecule has 0 aliphatic heterocycles. The van der Waals surface area contributed by atoms with Gasteiger partial charge < -0.3 is 13.7 Å². The second-order valence-corrected chi connectivity index (χ2v) is 5.14. The number of hydrogen-bond acceptors (Lipinski definition) is 5. The number of aromatic nitrogens is 1. The zero-order chi connectivity index (χ0) is 16.1. The highest BCUT2D eigenvalue weighted by molar-refractivity contribution is 5.78. The van der Waals surface area contributed by atoms with Gasteiger partial charge in [0.05, 0.1) is 12.2 Å². The molecule has 1 atom stereocenters. The SMILES string of the molecule is CCC(C(=O)OCc1cc(-c2ccco2)on1)c1ccccc1. The molecule has 1 unspecified atom stereocenters. The Morgan fingerprint density at radius 3 is 2.70 bits per heavy atom. The quantitative estimate of drug-likeness (QED) is 0.639. The van der Waals surface area contributed by atoms with Crippen molar-refractivity contribution in [3.8, 4) is 11.5 Å². The highest BCUT2D eigenvalue weighted by atomic mass is 16.5. The molecule has 3 aromatic rings. The summed E-state index contributed by atoms with van der Waals surface area (Å²) in [7, 11) is 0. The summed E-state index contributed by atoms with van der Waals surface area (Å²) >= 11 is 0. The van der Waals surface area contributed by atoms with Crippen LogP contribution >= 0.6 is 0 Å². The van der Waals surface area contributed by atoms with E-state index in [1.165, 1.54) is 0 Å². The van der Waals surface area contributed by atoms with Crippen LogP contribution in [0.4, 0.5) is 0 Å². The maximum absolute atomic E-state index is 12.3. The van der Waals surface area contributed by atoms with E-state index in [0.717, 1.165) is 5.56 Å². The van der Waals surface area contributed by atoms with E-state index in [0.29, 0.717) is 23.6 Å². The van der Waals surface area contributed by atoms with Crippen molar-refractivity contribution in [2.24, 2.45) is 0 Å². The van der Waals surface area contributed by atoms with Crippen molar-refractivity contribution in [1.82, 2.24) is 5.16 Å². The van der Waals surface area contributed by atoms with E-state index < -0.39 is 0 Å². The standard InChI is InChI=1S/C18H17NO4/c1-2-15(13-7-4-3-5-8-13)18(20)22-12-14-11-17(23-19-14)16-9-6-10-21-16/h3-11,15H,2,12H2,1H3. The summed E-state index contributed by atoms with van der Waals surface area (Å²) in [4.78, 5) is 12.3. The maximum atomic E-state index is 12.3. The van der Waals surface area contributed by atoms with Crippen molar-refractivity contribution in [3.05, 3.63) is 66.1 Å². The highest BCUT2D eigenvalue weighted by Crippen LogP contribution is 2.23. The zero-order valence-electron chi connectivity index (χ0n) is 12.8. The number of carbonyl (C=O) groups is 1. The summed E-state index contributed by atoms with van der Waals surface area (Å²) < 4.78 is 15.8. The van der Waals surface area contributed by atoms with Crippen molar-refractivity contribution in [3.63, 3.8) is 0 Å². The van der Waals surface area contributed by atoms with E-state index in [1.54, 1.807) is 24.5 Å². The van der Waals surface area contributed by atoms with E-state index in [1.807, 2.05) is 37.3 Å². The Labute approximate surface area is 133 Å². The molecule has 0 amide bonds. The van der Waals surface area contributed by atoms with E-state index in [9.17, 15) is 4.79 Å². The summed E-state index contributed by atoms with van der Waals surface area (Å²) in [6.45, 7) is 2.04. The van der Waals surface area contributed by atoms with Crippen LogP contribution in [-0.4, -0.2) is 11.1 Å². The molecule has 2 aromatic heterocycles. The van der Waals surface area contributed by atoms with Gasteiger partial charge in [-0.3, -0.25) is 4.79 Å². The number of ether oxygens (including phenoxy) is 1. The van der Waals surface area contributed by atoms with Crippen LogP contribution in [-0.2, 0) is 16.1 Å². The van der Waals surface area contributed by atoms with Gasteiger partial charge in [-0.1, -0.05) is 42.4 Å². The number of furan rings is 1. The fourth-order valence-corrected chi connectivity index (χ4v) is 2.38. The second kappa shape index (κ2) is 6.96. The van der Waals surface area contributed by atoms with Crippen molar-refractivity contribution in [1.29, 1.82) is 0 Å². The van der Waals surface area contributed by atoms with Gasteiger partial charge in [0.1, 0.15) is 12.3 Å². The minimum atomic E-state index is -0.271. The Balaban J connectivity index is 1.62. The lowest BCUT2D eigenvalue weighted by molar-refractivity contribution is -0.147. The molecule has 2 heterocycles. The average molecular weight is 311 g/mol. The first-order valence-electron chi connectivity index (χ1n) is 7.49. The summed E-state index contributed by atoms with van der Waals surface area (Å²) in [5.74, 6) is 0.566. The lowest BCUT2D eigenvalue weighted by Gasteiger charge is -2.13. The third-order valence-electron chi connectivity index (χ3n) is 3.58. The Kier molecular flexibility index (Phi) is 4.57. The average Bonchev–Trinajstić information content (AvgIpc) is 3.26. The van der Waals surface area contributed by atoms with Crippen LogP contribution in [0.2, 0.25) is 0 Å².